The van der Waals surface area contributed by atoms with Crippen LogP contribution in [0.15, 0.2) is 11.3 Å². The molecule has 11 heavy (non-hydrogen) atoms. The molecule has 1 aromatic rings. The van der Waals surface area contributed by atoms with E-state index in [0.29, 0.717) is 5.69 Å². The molecule has 1 heterocycles. The maximum absolute atomic E-state index is 10.8. The first kappa shape index (κ1) is 7.52. The fraction of sp³-hybridized carbons (Fsp3) is 0.400. The van der Waals surface area contributed by atoms with Crippen LogP contribution >= 0.6 is 0 Å². The van der Waals surface area contributed by atoms with E-state index in [9.17, 15) is 5.21 Å². The molecule has 0 aliphatic heterocycles. The van der Waals surface area contributed by atoms with Crippen molar-refractivity contribution in [2.24, 2.45) is 11.1 Å². The molecule has 0 saturated heterocycles. The second-order valence-corrected chi connectivity index (χ2v) is 2.18. The molecule has 0 atom stereocenters. The van der Waals surface area contributed by atoms with Crippen LogP contribution in [0.25, 0.3) is 0 Å². The molecule has 2 N–H and O–H groups in total. The Labute approximate surface area is 63.5 Å². The van der Waals surface area contributed by atoms with Crippen LogP contribution in [0.5, 0.6) is 0 Å². The summed E-state index contributed by atoms with van der Waals surface area (Å²) in [4.78, 5) is 1.30. The van der Waals surface area contributed by atoms with Crippen molar-refractivity contribution in [1.29, 1.82) is 0 Å². The third-order valence-electron chi connectivity index (χ3n) is 1.25. The highest BCUT2D eigenvalue weighted by molar-refractivity contribution is 5.04. The summed E-state index contributed by atoms with van der Waals surface area (Å²) in [6.07, 6.45) is 0. The molecule has 6 heteroatoms. The number of nitrogens with zero attached hydrogens (tertiary/aromatic N) is 4. The van der Waals surface area contributed by atoms with Crippen molar-refractivity contribution in [3.05, 3.63) is 22.7 Å². The molecule has 60 valence electrons. The Kier molecular flexibility index (Phi) is 1.75. The fourth-order valence-electron chi connectivity index (χ4n) is 0.839. The summed E-state index contributed by atoms with van der Waals surface area (Å²) in [5.41, 5.74) is 1.46. The van der Waals surface area contributed by atoms with Crippen molar-refractivity contribution in [3.8, 4) is 0 Å². The van der Waals surface area contributed by atoms with Gasteiger partial charge in [-0.25, -0.2) is 5.84 Å². The lowest BCUT2D eigenvalue weighted by molar-refractivity contribution is -0.600. The van der Waals surface area contributed by atoms with Crippen molar-refractivity contribution < 1.29 is 4.97 Å². The molecular formula is C5H9N5O. The van der Waals surface area contributed by atoms with Crippen LogP contribution < -0.4 is 5.84 Å². The van der Waals surface area contributed by atoms with E-state index in [1.54, 1.807) is 19.9 Å². The fourth-order valence-corrected chi connectivity index (χ4v) is 0.839. The maximum Gasteiger partial charge on any atom is 0.139 e. The number of aromatic nitrogens is 2. The molecule has 0 radical (unpaired) electrons. The smallest absolute Gasteiger partial charge is 0.139 e. The Morgan fingerprint density at radius 3 is 2.73 bits per heavy atom. The van der Waals surface area contributed by atoms with Crippen molar-refractivity contribution >= 4 is 0 Å². The van der Waals surface area contributed by atoms with Gasteiger partial charge in [0.2, 0.25) is 0 Å². The summed E-state index contributed by atoms with van der Waals surface area (Å²) >= 11 is 0. The zero-order chi connectivity index (χ0) is 8.43. The first-order valence-corrected chi connectivity index (χ1v) is 3.07. The van der Waals surface area contributed by atoms with E-state index in [0.717, 1.165) is 10.5 Å². The van der Waals surface area contributed by atoms with Gasteiger partial charge in [-0.05, 0) is 23.7 Å². The summed E-state index contributed by atoms with van der Waals surface area (Å²) < 4.78 is 0. The Balaban J connectivity index is 3.13. The van der Waals surface area contributed by atoms with E-state index in [1.807, 2.05) is 0 Å². The van der Waals surface area contributed by atoms with Crippen LogP contribution in [0.2, 0.25) is 0 Å². The topological polar surface area (TPSA) is 82.3 Å². The number of hydrogen-bond donors (Lipinski definition) is 1. The molecule has 1 rings (SSSR count). The number of aryl methyl sites for hydroxylation is 2. The molecule has 0 aliphatic carbocycles. The summed E-state index contributed by atoms with van der Waals surface area (Å²) in [6, 6.07) is 1.76. The minimum Gasteiger partial charge on any atom is -0.704 e. The molecule has 0 aliphatic rings. The van der Waals surface area contributed by atoms with Crippen LogP contribution in [-0.2, 0) is 0 Å². The predicted molar refractivity (Wildman–Crippen MR) is 37.3 cm³/mol. The highest BCUT2D eigenvalue weighted by atomic mass is 16.5. The predicted octanol–water partition coefficient (Wildman–Crippen LogP) is 0.0992. The summed E-state index contributed by atoms with van der Waals surface area (Å²) in [6.45, 7) is 3.53. The van der Waals surface area contributed by atoms with Gasteiger partial charge in [-0.15, -0.1) is 0 Å². The molecule has 0 saturated carbocycles. The van der Waals surface area contributed by atoms with Gasteiger partial charge in [0, 0.05) is 11.3 Å². The van der Waals surface area contributed by atoms with E-state index in [2.05, 4.69) is 10.3 Å². The quantitative estimate of drug-likeness (QED) is 0.270. The van der Waals surface area contributed by atoms with Gasteiger partial charge in [-0.1, -0.05) is 4.97 Å². The van der Waals surface area contributed by atoms with Gasteiger partial charge in [0.05, 0.1) is 5.69 Å². The Morgan fingerprint density at radius 1 is 1.73 bits per heavy atom. The molecule has 1 aromatic heterocycles. The van der Waals surface area contributed by atoms with Crippen LogP contribution in [0.3, 0.4) is 0 Å². The van der Waals surface area contributed by atoms with Crippen LogP contribution in [-0.4, -0.2) is 14.9 Å². The Hall–Kier alpha value is -1.59. The molecular weight excluding hydrogens is 146 g/mol. The molecule has 0 fully saturated rings. The SMILES string of the molecule is Cc1cc(C)n([N+]([O-])=NN)n1. The van der Waals surface area contributed by atoms with E-state index in [-0.39, 0.29) is 4.97 Å². The Morgan fingerprint density at radius 2 is 2.36 bits per heavy atom. The summed E-state index contributed by atoms with van der Waals surface area (Å²) in [5.74, 6) is 4.76. The van der Waals surface area contributed by atoms with Gasteiger partial charge in [0.1, 0.15) is 5.69 Å². The second-order valence-electron chi connectivity index (χ2n) is 2.18. The van der Waals surface area contributed by atoms with E-state index < -0.39 is 0 Å². The average Bonchev–Trinajstić information content (AvgIpc) is 2.28. The van der Waals surface area contributed by atoms with Gasteiger partial charge in [-0.2, -0.15) is 0 Å². The summed E-state index contributed by atoms with van der Waals surface area (Å²) in [7, 11) is 0. The lowest BCUT2D eigenvalue weighted by atomic mass is 10.4. The van der Waals surface area contributed by atoms with Gasteiger partial charge in [0.25, 0.3) is 0 Å². The highest BCUT2D eigenvalue weighted by Gasteiger charge is 2.05. The van der Waals surface area contributed by atoms with Crippen LogP contribution in [0.4, 0.5) is 0 Å². The third kappa shape index (κ3) is 1.28. The molecule has 0 bridgehead atoms. The van der Waals surface area contributed by atoms with Gasteiger partial charge in [0.15, 0.2) is 0 Å². The second kappa shape index (κ2) is 2.57. The van der Waals surface area contributed by atoms with Crippen molar-refractivity contribution in [3.63, 3.8) is 0 Å². The van der Waals surface area contributed by atoms with Crippen molar-refractivity contribution in [2.45, 2.75) is 13.8 Å². The first-order valence-electron chi connectivity index (χ1n) is 3.07. The van der Waals surface area contributed by atoms with Gasteiger partial charge in [-0.3, -0.25) is 0 Å². The van der Waals surface area contributed by atoms with E-state index in [1.165, 1.54) is 0 Å². The standard InChI is InChI=1S/C5H9N5O/c1-4-3-5(2)9(7-4)10(11)8-6/h3H,6H2,1-2H3. The first-order chi connectivity index (χ1) is 5.15. The zero-order valence-corrected chi connectivity index (χ0v) is 6.35. The molecule has 6 nitrogen and oxygen atoms in total. The lowest BCUT2D eigenvalue weighted by Crippen LogP contribution is -2.15. The molecule has 0 aromatic carbocycles. The largest absolute Gasteiger partial charge is 0.704 e. The summed E-state index contributed by atoms with van der Waals surface area (Å²) in [5, 5.41) is 17.5. The minimum absolute atomic E-state index is 0.225. The lowest BCUT2D eigenvalue weighted by Gasteiger charge is -2.03. The van der Waals surface area contributed by atoms with Crippen molar-refractivity contribution in [1.82, 2.24) is 9.89 Å². The monoisotopic (exact) mass is 155 g/mol. The number of rotatable bonds is 1. The number of hydrogen-bond acceptors (Lipinski definition) is 3. The van der Waals surface area contributed by atoms with E-state index >= 15 is 0 Å². The highest BCUT2D eigenvalue weighted by Crippen LogP contribution is 2.00. The third-order valence-corrected chi connectivity index (χ3v) is 1.25. The number of nitrogens with two attached hydrogens (primary N) is 1. The average molecular weight is 155 g/mol. The minimum atomic E-state index is 0.225. The Bertz CT molecular complexity index is 289. The van der Waals surface area contributed by atoms with Gasteiger partial charge >= 0.3 is 0 Å². The molecule has 0 amide bonds. The van der Waals surface area contributed by atoms with E-state index in [4.69, 9.17) is 5.84 Å². The maximum atomic E-state index is 10.8. The zero-order valence-electron chi connectivity index (χ0n) is 6.35. The van der Waals surface area contributed by atoms with Gasteiger partial charge < -0.3 is 5.21 Å². The normalized spacial score (nSPS) is 12.0. The van der Waals surface area contributed by atoms with Crippen molar-refractivity contribution in [2.75, 3.05) is 0 Å². The molecule has 0 spiro atoms. The van der Waals surface area contributed by atoms with Crippen LogP contribution in [0, 0.1) is 19.1 Å². The molecule has 0 unspecified atom stereocenters. The van der Waals surface area contributed by atoms with Crippen LogP contribution in [0.1, 0.15) is 11.4 Å².